The highest BCUT2D eigenvalue weighted by Crippen LogP contribution is 2.42. The molecule has 5 heteroatoms. The Bertz CT molecular complexity index is 580. The number of rotatable bonds is 1. The zero-order valence-electron chi connectivity index (χ0n) is 13.8. The van der Waals surface area contributed by atoms with Gasteiger partial charge >= 0.3 is 6.09 Å². The minimum Gasteiger partial charge on any atom is -0.481 e. The summed E-state index contributed by atoms with van der Waals surface area (Å²) in [5.74, 6) is 1.54. The fourth-order valence-corrected chi connectivity index (χ4v) is 3.59. The molecule has 5 nitrogen and oxygen atoms in total. The third kappa shape index (κ3) is 2.89. The van der Waals surface area contributed by atoms with Gasteiger partial charge in [0, 0.05) is 30.8 Å². The molecule has 1 saturated heterocycles. The van der Waals surface area contributed by atoms with Crippen LogP contribution >= 0.6 is 0 Å². The second-order valence-corrected chi connectivity index (χ2v) is 7.28. The third-order valence-corrected chi connectivity index (χ3v) is 4.37. The Morgan fingerprint density at radius 3 is 2.82 bits per heavy atom. The molecule has 2 unspecified atom stereocenters. The van der Waals surface area contributed by atoms with E-state index >= 15 is 0 Å². The highest BCUT2D eigenvalue weighted by atomic mass is 16.6. The van der Waals surface area contributed by atoms with Crippen molar-refractivity contribution in [3.05, 3.63) is 23.4 Å². The molecule has 1 aromatic rings. The summed E-state index contributed by atoms with van der Waals surface area (Å²) >= 11 is 0. The molecule has 120 valence electrons. The molecule has 1 amide bonds. The van der Waals surface area contributed by atoms with Crippen LogP contribution in [0.1, 0.15) is 44.2 Å². The van der Waals surface area contributed by atoms with Crippen molar-refractivity contribution in [1.29, 1.82) is 0 Å². The van der Waals surface area contributed by atoms with Gasteiger partial charge in [-0.25, -0.2) is 9.78 Å². The molecule has 1 aliphatic carbocycles. The topological polar surface area (TPSA) is 51.7 Å². The Kier molecular flexibility index (Phi) is 3.75. The molecule has 0 saturated carbocycles. The van der Waals surface area contributed by atoms with Crippen molar-refractivity contribution >= 4 is 6.09 Å². The summed E-state index contributed by atoms with van der Waals surface area (Å²) in [5, 5.41) is 0. The van der Waals surface area contributed by atoms with E-state index in [9.17, 15) is 4.79 Å². The number of hydrogen-bond donors (Lipinski definition) is 0. The van der Waals surface area contributed by atoms with Crippen LogP contribution in [0.4, 0.5) is 4.79 Å². The first-order valence-electron chi connectivity index (χ1n) is 7.87. The van der Waals surface area contributed by atoms with Crippen molar-refractivity contribution in [2.45, 2.75) is 45.1 Å². The van der Waals surface area contributed by atoms with Crippen LogP contribution in [0.2, 0.25) is 0 Å². The predicted octanol–water partition coefficient (Wildman–Crippen LogP) is 2.99. The quantitative estimate of drug-likeness (QED) is 0.800. The number of nitrogens with zero attached hydrogens (tertiary/aromatic N) is 2. The van der Waals surface area contributed by atoms with Gasteiger partial charge in [-0.1, -0.05) is 0 Å². The summed E-state index contributed by atoms with van der Waals surface area (Å²) in [6.45, 7) is 7.18. The highest BCUT2D eigenvalue weighted by Gasteiger charge is 2.38. The van der Waals surface area contributed by atoms with E-state index in [0.29, 0.717) is 18.4 Å². The van der Waals surface area contributed by atoms with Crippen molar-refractivity contribution in [2.75, 3.05) is 20.2 Å². The average Bonchev–Trinajstić information content (AvgIpc) is 2.44. The summed E-state index contributed by atoms with van der Waals surface area (Å²) in [7, 11) is 1.67. The fourth-order valence-electron chi connectivity index (χ4n) is 3.59. The maximum Gasteiger partial charge on any atom is 0.410 e. The number of pyridine rings is 1. The van der Waals surface area contributed by atoms with Gasteiger partial charge in [-0.2, -0.15) is 0 Å². The molecule has 2 atom stereocenters. The molecule has 2 bridgehead atoms. The fraction of sp³-hybridized carbons (Fsp3) is 0.647. The number of likely N-dealkylation sites (tertiary alicyclic amines) is 1. The maximum absolute atomic E-state index is 12.3. The van der Waals surface area contributed by atoms with E-state index in [-0.39, 0.29) is 6.09 Å². The number of hydrogen-bond acceptors (Lipinski definition) is 4. The van der Waals surface area contributed by atoms with Crippen molar-refractivity contribution in [3.8, 4) is 5.88 Å². The highest BCUT2D eigenvalue weighted by molar-refractivity contribution is 5.68. The van der Waals surface area contributed by atoms with E-state index in [1.165, 1.54) is 11.1 Å². The normalized spacial score (nSPS) is 23.7. The van der Waals surface area contributed by atoms with E-state index < -0.39 is 5.60 Å². The van der Waals surface area contributed by atoms with Gasteiger partial charge in [-0.15, -0.1) is 0 Å². The molecular formula is C17H24N2O3. The number of carbonyl (C=O) groups is 1. The van der Waals surface area contributed by atoms with Crippen LogP contribution in [-0.4, -0.2) is 41.8 Å². The molecule has 0 N–H and O–H groups in total. The van der Waals surface area contributed by atoms with Crippen LogP contribution < -0.4 is 4.74 Å². The summed E-state index contributed by atoms with van der Waals surface area (Å²) in [6, 6.07) is 2.07. The SMILES string of the molecule is COc1nccc2c1CC1CC2CN(C(=O)OC(C)(C)C)C1. The van der Waals surface area contributed by atoms with Crippen LogP contribution in [0.5, 0.6) is 5.88 Å². The number of aromatic nitrogens is 1. The van der Waals surface area contributed by atoms with E-state index in [4.69, 9.17) is 9.47 Å². The summed E-state index contributed by atoms with van der Waals surface area (Å²) in [5.41, 5.74) is 2.04. The first kappa shape index (κ1) is 15.1. The smallest absolute Gasteiger partial charge is 0.410 e. The van der Waals surface area contributed by atoms with Gasteiger partial charge in [0.1, 0.15) is 5.60 Å². The summed E-state index contributed by atoms with van der Waals surface area (Å²) in [6.07, 6.45) is 3.64. The zero-order valence-corrected chi connectivity index (χ0v) is 13.8. The Balaban J connectivity index is 1.81. The zero-order chi connectivity index (χ0) is 15.9. The van der Waals surface area contributed by atoms with E-state index in [1.807, 2.05) is 25.7 Å². The largest absolute Gasteiger partial charge is 0.481 e. The standard InChI is InChI=1S/C17H24N2O3/c1-17(2,3)22-16(20)19-9-11-7-12(10-19)13-5-6-18-15(21-4)14(13)8-11/h5-6,11-12H,7-10H2,1-4H3. The molecule has 3 rings (SSSR count). The molecule has 0 spiro atoms. The second-order valence-electron chi connectivity index (χ2n) is 7.28. The second kappa shape index (κ2) is 5.45. The molecule has 1 fully saturated rings. The Morgan fingerprint density at radius 2 is 2.14 bits per heavy atom. The average molecular weight is 304 g/mol. The molecule has 0 radical (unpaired) electrons. The summed E-state index contributed by atoms with van der Waals surface area (Å²) in [4.78, 5) is 18.5. The van der Waals surface area contributed by atoms with E-state index in [1.54, 1.807) is 13.3 Å². The molecular weight excluding hydrogens is 280 g/mol. The van der Waals surface area contributed by atoms with Gasteiger partial charge < -0.3 is 14.4 Å². The van der Waals surface area contributed by atoms with Crippen LogP contribution in [0, 0.1) is 5.92 Å². The molecule has 1 aliphatic heterocycles. The van der Waals surface area contributed by atoms with Crippen LogP contribution in [0.25, 0.3) is 0 Å². The first-order valence-corrected chi connectivity index (χ1v) is 7.87. The van der Waals surface area contributed by atoms with Gasteiger partial charge in [-0.3, -0.25) is 0 Å². The molecule has 2 aliphatic rings. The third-order valence-electron chi connectivity index (χ3n) is 4.37. The number of ether oxygens (including phenoxy) is 2. The van der Waals surface area contributed by atoms with Gasteiger partial charge in [0.25, 0.3) is 0 Å². The molecule has 1 aromatic heterocycles. The predicted molar refractivity (Wildman–Crippen MR) is 83.1 cm³/mol. The van der Waals surface area contributed by atoms with E-state index in [2.05, 4.69) is 11.1 Å². The lowest BCUT2D eigenvalue weighted by Gasteiger charge is -2.42. The lowest BCUT2D eigenvalue weighted by molar-refractivity contribution is 0.0130. The molecule has 0 aromatic carbocycles. The van der Waals surface area contributed by atoms with Gasteiger partial charge in [0.05, 0.1) is 7.11 Å². The van der Waals surface area contributed by atoms with Gasteiger partial charge in [0.2, 0.25) is 5.88 Å². The maximum atomic E-state index is 12.3. The van der Waals surface area contributed by atoms with Crippen molar-refractivity contribution < 1.29 is 14.3 Å². The van der Waals surface area contributed by atoms with Crippen LogP contribution in [-0.2, 0) is 11.2 Å². The first-order chi connectivity index (χ1) is 10.4. The van der Waals surface area contributed by atoms with Crippen LogP contribution in [0.3, 0.4) is 0 Å². The number of amides is 1. The van der Waals surface area contributed by atoms with Crippen LogP contribution in [0.15, 0.2) is 12.3 Å². The lowest BCUT2D eigenvalue weighted by Crippen LogP contribution is -2.47. The van der Waals surface area contributed by atoms with Crippen molar-refractivity contribution in [1.82, 2.24) is 9.88 Å². The summed E-state index contributed by atoms with van der Waals surface area (Å²) < 4.78 is 10.9. The Morgan fingerprint density at radius 1 is 1.36 bits per heavy atom. The number of methoxy groups -OCH3 is 1. The van der Waals surface area contributed by atoms with Crippen molar-refractivity contribution in [3.63, 3.8) is 0 Å². The number of carbonyl (C=O) groups excluding carboxylic acids is 1. The van der Waals surface area contributed by atoms with Crippen molar-refractivity contribution in [2.24, 2.45) is 5.92 Å². The minimum atomic E-state index is -0.450. The Hall–Kier alpha value is -1.78. The number of fused-ring (bicyclic) bond motifs is 4. The van der Waals surface area contributed by atoms with Gasteiger partial charge in [0.15, 0.2) is 0 Å². The number of piperidine rings is 1. The molecule has 2 heterocycles. The molecule has 22 heavy (non-hydrogen) atoms. The van der Waals surface area contributed by atoms with E-state index in [0.717, 1.165) is 25.3 Å². The van der Waals surface area contributed by atoms with Gasteiger partial charge in [-0.05, 0) is 51.2 Å². The minimum absolute atomic E-state index is 0.202. The Labute approximate surface area is 131 Å². The monoisotopic (exact) mass is 304 g/mol. The lowest BCUT2D eigenvalue weighted by atomic mass is 9.74.